The summed E-state index contributed by atoms with van der Waals surface area (Å²) in [6.45, 7) is 0.241. The van der Waals surface area contributed by atoms with Gasteiger partial charge in [0.05, 0.1) is 18.7 Å². The molecule has 7 nitrogen and oxygen atoms in total. The quantitative estimate of drug-likeness (QED) is 0.587. The Kier molecular flexibility index (Phi) is 6.28. The number of rotatable bonds is 6. The highest BCUT2D eigenvalue weighted by Crippen LogP contribution is 2.30. The Bertz CT molecular complexity index is 974. The van der Waals surface area contributed by atoms with E-state index in [-0.39, 0.29) is 30.7 Å². The third kappa shape index (κ3) is 5.84. The molecule has 0 aliphatic carbocycles. The molecule has 0 saturated carbocycles. The van der Waals surface area contributed by atoms with Crippen molar-refractivity contribution in [2.24, 2.45) is 0 Å². The number of hydrogen-bond donors (Lipinski definition) is 1. The van der Waals surface area contributed by atoms with Gasteiger partial charge in [-0.2, -0.15) is 18.2 Å². The van der Waals surface area contributed by atoms with E-state index < -0.39 is 11.7 Å². The first-order chi connectivity index (χ1) is 13.7. The molecule has 0 bridgehead atoms. The maximum atomic E-state index is 12.6. The van der Waals surface area contributed by atoms with E-state index in [1.54, 1.807) is 30.3 Å². The van der Waals surface area contributed by atoms with Gasteiger partial charge in [-0.15, -0.1) is 0 Å². The molecule has 0 spiro atoms. The van der Waals surface area contributed by atoms with Crippen molar-refractivity contribution in [3.05, 3.63) is 58.5 Å². The first-order valence-electron chi connectivity index (χ1n) is 8.31. The highest BCUT2D eigenvalue weighted by Gasteiger charge is 2.30. The van der Waals surface area contributed by atoms with Crippen molar-refractivity contribution in [1.29, 1.82) is 0 Å². The van der Waals surface area contributed by atoms with Crippen molar-refractivity contribution < 1.29 is 22.5 Å². The molecule has 2 aromatic heterocycles. The summed E-state index contributed by atoms with van der Waals surface area (Å²) in [5.74, 6) is 0.557. The van der Waals surface area contributed by atoms with E-state index in [0.717, 1.165) is 16.6 Å². The number of amides is 1. The molecule has 0 fully saturated rings. The molecule has 1 aromatic carbocycles. The third-order valence-electron chi connectivity index (χ3n) is 3.75. The average Bonchev–Trinajstić information content (AvgIpc) is 3.11. The average molecular weight is 470 g/mol. The van der Waals surface area contributed by atoms with Gasteiger partial charge in [0.25, 0.3) is 0 Å². The first kappa shape index (κ1) is 20.9. The van der Waals surface area contributed by atoms with E-state index in [1.807, 2.05) is 0 Å². The van der Waals surface area contributed by atoms with Crippen LogP contribution in [0, 0.1) is 0 Å². The lowest BCUT2D eigenvalue weighted by Gasteiger charge is -2.13. The summed E-state index contributed by atoms with van der Waals surface area (Å²) in [4.78, 5) is 21.9. The van der Waals surface area contributed by atoms with E-state index in [0.29, 0.717) is 11.4 Å². The molecule has 0 aliphatic heterocycles. The molecule has 11 heteroatoms. The standard InChI is InChI=1S/C18H15BrF3N5O2/c1-27(9-15(28)24-14-7-6-13(19)8-23-14)10-16-25-17(26-29-16)11-2-4-12(5-3-11)18(20,21)22/h2-8H,9-10H2,1H3,(H,23,24,28). The number of anilines is 1. The van der Waals surface area contributed by atoms with Gasteiger partial charge in [-0.25, -0.2) is 4.98 Å². The third-order valence-corrected chi connectivity index (χ3v) is 4.22. The van der Waals surface area contributed by atoms with Crippen LogP contribution in [0.1, 0.15) is 11.5 Å². The Morgan fingerprint density at radius 3 is 2.55 bits per heavy atom. The largest absolute Gasteiger partial charge is 0.416 e. The SMILES string of the molecule is CN(CC(=O)Nc1ccc(Br)cn1)Cc1nc(-c2ccc(C(F)(F)F)cc2)no1. The molecule has 29 heavy (non-hydrogen) atoms. The summed E-state index contributed by atoms with van der Waals surface area (Å²) in [6, 6.07) is 7.89. The lowest BCUT2D eigenvalue weighted by molar-refractivity contribution is -0.137. The highest BCUT2D eigenvalue weighted by atomic mass is 79.9. The number of pyridine rings is 1. The van der Waals surface area contributed by atoms with Crippen LogP contribution in [0.2, 0.25) is 0 Å². The normalized spacial score (nSPS) is 11.7. The summed E-state index contributed by atoms with van der Waals surface area (Å²) < 4.78 is 43.8. The van der Waals surface area contributed by atoms with Crippen LogP contribution in [-0.4, -0.2) is 39.5 Å². The smallest absolute Gasteiger partial charge is 0.338 e. The molecule has 2 heterocycles. The fraction of sp³-hybridized carbons (Fsp3) is 0.222. The van der Waals surface area contributed by atoms with Crippen LogP contribution in [0.15, 0.2) is 51.6 Å². The summed E-state index contributed by atoms with van der Waals surface area (Å²) in [5.41, 5.74) is -0.356. The second kappa shape index (κ2) is 8.70. The summed E-state index contributed by atoms with van der Waals surface area (Å²) in [5, 5.41) is 6.44. The van der Waals surface area contributed by atoms with Crippen LogP contribution < -0.4 is 5.32 Å². The zero-order chi connectivity index (χ0) is 21.0. The predicted molar refractivity (Wildman–Crippen MR) is 102 cm³/mol. The van der Waals surface area contributed by atoms with E-state index in [2.05, 4.69) is 36.4 Å². The summed E-state index contributed by atoms with van der Waals surface area (Å²) in [7, 11) is 1.69. The van der Waals surface area contributed by atoms with Gasteiger partial charge in [-0.3, -0.25) is 9.69 Å². The van der Waals surface area contributed by atoms with Crippen molar-refractivity contribution in [3.8, 4) is 11.4 Å². The minimum Gasteiger partial charge on any atom is -0.338 e. The van der Waals surface area contributed by atoms with Gasteiger partial charge in [0, 0.05) is 16.2 Å². The maximum absolute atomic E-state index is 12.6. The lowest BCUT2D eigenvalue weighted by Crippen LogP contribution is -2.30. The van der Waals surface area contributed by atoms with Crippen molar-refractivity contribution >= 4 is 27.7 Å². The van der Waals surface area contributed by atoms with Crippen molar-refractivity contribution in [1.82, 2.24) is 20.0 Å². The molecule has 0 unspecified atom stereocenters. The fourth-order valence-corrected chi connectivity index (χ4v) is 2.64. The molecular weight excluding hydrogens is 455 g/mol. The molecule has 3 aromatic rings. The molecule has 0 saturated heterocycles. The molecule has 1 N–H and O–H groups in total. The van der Waals surface area contributed by atoms with Crippen LogP contribution in [0.5, 0.6) is 0 Å². The second-order valence-corrected chi connectivity index (χ2v) is 7.08. The Morgan fingerprint density at radius 1 is 1.21 bits per heavy atom. The number of likely N-dealkylation sites (N-methyl/N-ethyl adjacent to an activating group) is 1. The van der Waals surface area contributed by atoms with Gasteiger partial charge >= 0.3 is 6.18 Å². The van der Waals surface area contributed by atoms with Gasteiger partial charge in [0.1, 0.15) is 5.82 Å². The van der Waals surface area contributed by atoms with E-state index >= 15 is 0 Å². The zero-order valence-corrected chi connectivity index (χ0v) is 16.7. The molecule has 3 rings (SSSR count). The number of nitrogens with zero attached hydrogens (tertiary/aromatic N) is 4. The maximum Gasteiger partial charge on any atom is 0.416 e. The van der Waals surface area contributed by atoms with E-state index in [1.165, 1.54) is 12.1 Å². The van der Waals surface area contributed by atoms with Gasteiger partial charge in [-0.1, -0.05) is 17.3 Å². The number of carbonyl (C=O) groups excluding carboxylic acids is 1. The molecule has 0 atom stereocenters. The Balaban J connectivity index is 1.56. The molecular formula is C18H15BrF3N5O2. The predicted octanol–water partition coefficient (Wildman–Crippen LogP) is 3.98. The fourth-order valence-electron chi connectivity index (χ4n) is 2.41. The number of benzene rings is 1. The Hall–Kier alpha value is -2.79. The number of nitrogens with one attached hydrogen (secondary N) is 1. The van der Waals surface area contributed by atoms with Crippen LogP contribution in [0.25, 0.3) is 11.4 Å². The molecule has 152 valence electrons. The first-order valence-corrected chi connectivity index (χ1v) is 9.10. The van der Waals surface area contributed by atoms with Crippen LogP contribution in [0.3, 0.4) is 0 Å². The van der Waals surface area contributed by atoms with Gasteiger partial charge in [-0.05, 0) is 47.2 Å². The van der Waals surface area contributed by atoms with Gasteiger partial charge in [0.2, 0.25) is 17.6 Å². The second-order valence-electron chi connectivity index (χ2n) is 6.17. The van der Waals surface area contributed by atoms with Crippen molar-refractivity contribution in [2.45, 2.75) is 12.7 Å². The van der Waals surface area contributed by atoms with Crippen molar-refractivity contribution in [3.63, 3.8) is 0 Å². The van der Waals surface area contributed by atoms with Crippen molar-refractivity contribution in [2.75, 3.05) is 18.9 Å². The Morgan fingerprint density at radius 2 is 1.93 bits per heavy atom. The number of hydrogen-bond acceptors (Lipinski definition) is 6. The minimum absolute atomic E-state index is 0.0513. The van der Waals surface area contributed by atoms with E-state index in [4.69, 9.17) is 4.52 Å². The number of halogens is 4. The number of alkyl halides is 3. The van der Waals surface area contributed by atoms with E-state index in [9.17, 15) is 18.0 Å². The summed E-state index contributed by atoms with van der Waals surface area (Å²) in [6.07, 6.45) is -2.84. The van der Waals surface area contributed by atoms with Gasteiger partial charge < -0.3 is 9.84 Å². The highest BCUT2D eigenvalue weighted by molar-refractivity contribution is 9.10. The number of aromatic nitrogens is 3. The topological polar surface area (TPSA) is 84.2 Å². The Labute approximate surface area is 172 Å². The van der Waals surface area contributed by atoms with Crippen LogP contribution in [0.4, 0.5) is 19.0 Å². The summed E-state index contributed by atoms with van der Waals surface area (Å²) >= 11 is 3.26. The van der Waals surface area contributed by atoms with Crippen LogP contribution in [-0.2, 0) is 17.5 Å². The molecule has 1 amide bonds. The lowest BCUT2D eigenvalue weighted by atomic mass is 10.1. The monoisotopic (exact) mass is 469 g/mol. The van der Waals surface area contributed by atoms with Crippen LogP contribution >= 0.6 is 15.9 Å². The minimum atomic E-state index is -4.41. The molecule has 0 aliphatic rings. The molecule has 0 radical (unpaired) electrons. The zero-order valence-electron chi connectivity index (χ0n) is 15.1. The number of carbonyl (C=O) groups is 1. The van der Waals surface area contributed by atoms with Gasteiger partial charge in [0.15, 0.2) is 0 Å².